The van der Waals surface area contributed by atoms with Crippen LogP contribution < -0.4 is 16.2 Å². The van der Waals surface area contributed by atoms with E-state index in [4.69, 9.17) is 13.7 Å². The second-order valence-electron chi connectivity index (χ2n) is 10.0. The molecule has 0 aliphatic carbocycles. The van der Waals surface area contributed by atoms with Gasteiger partial charge in [-0.3, -0.25) is 0 Å². The number of oxazole rings is 1. The third-order valence-corrected chi connectivity index (χ3v) is 6.86. The zero-order chi connectivity index (χ0) is 30.1. The van der Waals surface area contributed by atoms with Crippen molar-refractivity contribution in [1.29, 1.82) is 0 Å². The molecule has 2 heterocycles. The van der Waals surface area contributed by atoms with Crippen molar-refractivity contribution in [2.75, 3.05) is 0 Å². The van der Waals surface area contributed by atoms with E-state index < -0.39 is 23.2 Å². The Morgan fingerprint density at radius 3 is 2.48 bits per heavy atom. The first-order valence-electron chi connectivity index (χ1n) is 14.0. The van der Waals surface area contributed by atoms with E-state index in [2.05, 4.69) is 16.9 Å². The van der Waals surface area contributed by atoms with Crippen LogP contribution in [0.3, 0.4) is 0 Å². The molecule has 0 spiro atoms. The number of rotatable bonds is 14. The molecule has 42 heavy (non-hydrogen) atoms. The van der Waals surface area contributed by atoms with E-state index in [0.717, 1.165) is 53.7 Å². The van der Waals surface area contributed by atoms with Gasteiger partial charge in [-0.1, -0.05) is 57.2 Å². The first-order chi connectivity index (χ1) is 20.1. The highest BCUT2D eigenvalue weighted by molar-refractivity contribution is 5.66. The number of hydrogen-bond donors (Lipinski definition) is 1. The van der Waals surface area contributed by atoms with Crippen molar-refractivity contribution in [1.82, 2.24) is 14.7 Å². The summed E-state index contributed by atoms with van der Waals surface area (Å²) in [7, 11) is 0. The van der Waals surface area contributed by atoms with Gasteiger partial charge < -0.3 is 13.7 Å². The summed E-state index contributed by atoms with van der Waals surface area (Å²) < 4.78 is 56.3. The fourth-order valence-electron chi connectivity index (χ4n) is 4.51. The number of alkyl halides is 3. The Labute approximate surface area is 240 Å². The third kappa shape index (κ3) is 8.37. The SMILES string of the molecule is CCCCCCCC/C(=C\Cn1oc(=O)[nH]c1=O)c1cccc(OCc2nc(-c3ccc(C(F)(F)F)cc3)oc2C)c1. The van der Waals surface area contributed by atoms with E-state index in [1.165, 1.54) is 31.4 Å². The molecule has 1 N–H and O–H groups in total. The summed E-state index contributed by atoms with van der Waals surface area (Å²) >= 11 is 0. The van der Waals surface area contributed by atoms with Crippen LogP contribution in [-0.4, -0.2) is 14.7 Å². The highest BCUT2D eigenvalue weighted by Crippen LogP contribution is 2.31. The normalized spacial score (nSPS) is 12.2. The minimum absolute atomic E-state index is 0.0970. The molecule has 8 nitrogen and oxygen atoms in total. The summed E-state index contributed by atoms with van der Waals surface area (Å²) in [6, 6.07) is 12.2. The van der Waals surface area contributed by atoms with Gasteiger partial charge in [0.15, 0.2) is 0 Å². The number of H-pyrrole nitrogens is 1. The van der Waals surface area contributed by atoms with Gasteiger partial charge in [-0.15, -0.1) is 4.74 Å². The van der Waals surface area contributed by atoms with Crippen LogP contribution in [0.2, 0.25) is 0 Å². The number of hydrogen-bond acceptors (Lipinski definition) is 6. The summed E-state index contributed by atoms with van der Waals surface area (Å²) in [6.07, 6.45) is 5.04. The molecule has 4 aromatic rings. The third-order valence-electron chi connectivity index (χ3n) is 6.86. The quantitative estimate of drug-likeness (QED) is 0.154. The smallest absolute Gasteiger partial charge is 0.440 e. The van der Waals surface area contributed by atoms with Crippen LogP contribution in [0.15, 0.2) is 73.1 Å². The van der Waals surface area contributed by atoms with Crippen molar-refractivity contribution in [3.8, 4) is 17.2 Å². The van der Waals surface area contributed by atoms with Gasteiger partial charge in [-0.2, -0.15) is 13.2 Å². The van der Waals surface area contributed by atoms with E-state index in [1.54, 1.807) is 6.92 Å². The first-order valence-corrected chi connectivity index (χ1v) is 14.0. The average molecular weight is 586 g/mol. The number of nitrogens with one attached hydrogen (secondary N) is 1. The zero-order valence-corrected chi connectivity index (χ0v) is 23.6. The molecule has 0 radical (unpaired) electrons. The average Bonchev–Trinajstić information content (AvgIpc) is 3.50. The number of benzene rings is 2. The molecule has 0 unspecified atom stereocenters. The van der Waals surface area contributed by atoms with Gasteiger partial charge in [0.1, 0.15) is 23.8 Å². The van der Waals surface area contributed by atoms with Crippen LogP contribution in [0.1, 0.15) is 74.5 Å². The Balaban J connectivity index is 1.46. The molecule has 0 atom stereocenters. The number of allylic oxidation sites excluding steroid dienone is 2. The Hall–Kier alpha value is -4.28. The molecule has 4 rings (SSSR count). The van der Waals surface area contributed by atoms with Crippen LogP contribution in [0.25, 0.3) is 17.0 Å². The summed E-state index contributed by atoms with van der Waals surface area (Å²) in [6.45, 7) is 4.11. The Kier molecular flexibility index (Phi) is 10.3. The minimum atomic E-state index is -4.42. The predicted molar refractivity (Wildman–Crippen MR) is 152 cm³/mol. The zero-order valence-electron chi connectivity index (χ0n) is 23.6. The number of ether oxygens (including phenoxy) is 1. The molecule has 0 amide bonds. The van der Waals surface area contributed by atoms with Crippen LogP contribution in [-0.2, 0) is 19.3 Å². The number of halogens is 3. The van der Waals surface area contributed by atoms with Crippen LogP contribution >= 0.6 is 0 Å². The lowest BCUT2D eigenvalue weighted by molar-refractivity contribution is -0.137. The van der Waals surface area contributed by atoms with Gasteiger partial charge in [-0.05, 0) is 67.3 Å². The highest BCUT2D eigenvalue weighted by Gasteiger charge is 2.30. The molecular weight excluding hydrogens is 551 g/mol. The predicted octanol–water partition coefficient (Wildman–Crippen LogP) is 7.53. The van der Waals surface area contributed by atoms with Crippen LogP contribution in [0, 0.1) is 6.92 Å². The van der Waals surface area contributed by atoms with Crippen molar-refractivity contribution >= 4 is 5.57 Å². The summed E-state index contributed by atoms with van der Waals surface area (Å²) in [5, 5.41) is 0. The van der Waals surface area contributed by atoms with E-state index in [9.17, 15) is 22.8 Å². The number of nitrogens with zero attached hydrogens (tertiary/aromatic N) is 2. The van der Waals surface area contributed by atoms with E-state index in [-0.39, 0.29) is 19.0 Å². The fraction of sp³-hybridized carbons (Fsp3) is 0.387. The number of unbranched alkanes of at least 4 members (excludes halogenated alkanes) is 5. The maximum atomic E-state index is 12.9. The van der Waals surface area contributed by atoms with E-state index >= 15 is 0 Å². The molecule has 0 saturated carbocycles. The number of aromatic amines is 1. The molecule has 224 valence electrons. The lowest BCUT2D eigenvalue weighted by Crippen LogP contribution is -2.16. The summed E-state index contributed by atoms with van der Waals surface area (Å²) in [5.74, 6) is 0.503. The maximum Gasteiger partial charge on any atom is 0.440 e. The van der Waals surface area contributed by atoms with Gasteiger partial charge in [0, 0.05) is 5.56 Å². The maximum absolute atomic E-state index is 12.9. The van der Waals surface area contributed by atoms with Crippen molar-refractivity contribution in [2.45, 2.75) is 78.1 Å². The van der Waals surface area contributed by atoms with Gasteiger partial charge >= 0.3 is 17.6 Å². The molecule has 0 aliphatic heterocycles. The summed E-state index contributed by atoms with van der Waals surface area (Å²) in [4.78, 5) is 29.8. The molecule has 0 fully saturated rings. The molecular formula is C31H34F3N3O5. The van der Waals surface area contributed by atoms with Crippen LogP contribution in [0.4, 0.5) is 13.2 Å². The van der Waals surface area contributed by atoms with Gasteiger partial charge in [-0.25, -0.2) is 19.6 Å². The second-order valence-corrected chi connectivity index (χ2v) is 10.0. The molecule has 11 heteroatoms. The van der Waals surface area contributed by atoms with Gasteiger partial charge in [0.2, 0.25) is 5.89 Å². The largest absolute Gasteiger partial charge is 0.487 e. The van der Waals surface area contributed by atoms with E-state index in [0.29, 0.717) is 22.8 Å². The number of aryl methyl sites for hydroxylation is 1. The van der Waals surface area contributed by atoms with Crippen LogP contribution in [0.5, 0.6) is 5.75 Å². The molecule has 2 aromatic heterocycles. The lowest BCUT2D eigenvalue weighted by Gasteiger charge is -2.11. The number of aromatic nitrogens is 3. The van der Waals surface area contributed by atoms with Gasteiger partial charge in [0.25, 0.3) is 0 Å². The second kappa shape index (κ2) is 14.1. The molecule has 2 aromatic carbocycles. The van der Waals surface area contributed by atoms with Gasteiger partial charge in [0.05, 0.1) is 12.1 Å². The van der Waals surface area contributed by atoms with Crippen molar-refractivity contribution in [3.63, 3.8) is 0 Å². The molecule has 0 bridgehead atoms. The van der Waals surface area contributed by atoms with Crippen molar-refractivity contribution in [3.05, 3.63) is 98.2 Å². The van der Waals surface area contributed by atoms with Crippen molar-refractivity contribution in [2.24, 2.45) is 0 Å². The van der Waals surface area contributed by atoms with Crippen molar-refractivity contribution < 1.29 is 26.8 Å². The Morgan fingerprint density at radius 1 is 1.05 bits per heavy atom. The monoisotopic (exact) mass is 585 g/mol. The Bertz CT molecular complexity index is 1590. The Morgan fingerprint density at radius 2 is 1.79 bits per heavy atom. The highest BCUT2D eigenvalue weighted by atomic mass is 19.4. The molecule has 0 saturated heterocycles. The topological polar surface area (TPSA) is 103 Å². The standard InChI is InChI=1S/C31H34F3N3O5/c1-3-4-5-6-7-8-10-22(17-18-37-29(38)36-30(39)42-37)24-11-9-12-26(19-24)40-20-27-21(2)41-28(35-27)23-13-15-25(16-14-23)31(32,33)34/h9,11-17,19H,3-8,10,18,20H2,1-2H3,(H,36,38,39)/b22-17+. The minimum Gasteiger partial charge on any atom is -0.487 e. The first kappa shape index (κ1) is 30.7. The molecule has 0 aliphatic rings. The van der Waals surface area contributed by atoms with E-state index in [1.807, 2.05) is 30.3 Å². The lowest BCUT2D eigenvalue weighted by atomic mass is 9.98. The summed E-state index contributed by atoms with van der Waals surface area (Å²) in [5.41, 5.74) is 1.52. The fourth-order valence-corrected chi connectivity index (χ4v) is 4.51.